The zero-order chi connectivity index (χ0) is 11.9. The average molecular weight is 299 g/mol. The highest BCUT2D eigenvalue weighted by Crippen LogP contribution is 2.44. The Bertz CT molecular complexity index is 434. The quantitative estimate of drug-likeness (QED) is 0.784. The fourth-order valence-corrected chi connectivity index (χ4v) is 3.13. The molecule has 0 radical (unpaired) electrons. The summed E-state index contributed by atoms with van der Waals surface area (Å²) in [4.78, 5) is 12.3. The third kappa shape index (κ3) is 2.08. The van der Waals surface area contributed by atoms with Crippen LogP contribution in [0, 0.1) is 5.92 Å². The number of halogens is 1. The van der Waals surface area contributed by atoms with Crippen LogP contribution in [0.4, 0.5) is 0 Å². The molecule has 0 amide bonds. The maximum absolute atomic E-state index is 12.3. The second-order valence-corrected chi connectivity index (χ2v) is 5.82. The van der Waals surface area contributed by atoms with Crippen LogP contribution in [0.25, 0.3) is 0 Å². The zero-order valence-electron chi connectivity index (χ0n) is 9.58. The molecule has 17 heavy (non-hydrogen) atoms. The van der Waals surface area contributed by atoms with Crippen molar-refractivity contribution in [3.8, 4) is 0 Å². The number of carbonyl (C=O) groups is 1. The number of rotatable bonds is 2. The molecule has 1 aliphatic carbocycles. The first-order valence-corrected chi connectivity index (χ1v) is 6.91. The summed E-state index contributed by atoms with van der Waals surface area (Å²) in [5.41, 5.74) is 0.0163. The summed E-state index contributed by atoms with van der Waals surface area (Å²) >= 11 is 3.23. The van der Waals surface area contributed by atoms with Gasteiger partial charge in [0.15, 0.2) is 10.4 Å². The van der Waals surface area contributed by atoms with E-state index in [9.17, 15) is 4.79 Å². The normalized spacial score (nSPS) is 26.8. The van der Waals surface area contributed by atoms with E-state index in [1.165, 1.54) is 6.42 Å². The van der Waals surface area contributed by atoms with Gasteiger partial charge in [0.2, 0.25) is 5.78 Å². The van der Waals surface area contributed by atoms with E-state index < -0.39 is 0 Å². The van der Waals surface area contributed by atoms with Gasteiger partial charge in [0, 0.05) is 12.5 Å². The lowest BCUT2D eigenvalue weighted by Crippen LogP contribution is -2.47. The summed E-state index contributed by atoms with van der Waals surface area (Å²) in [6, 6.07) is 3.51. The lowest BCUT2D eigenvalue weighted by molar-refractivity contribution is -0.137. The van der Waals surface area contributed by atoms with Gasteiger partial charge in [-0.25, -0.2) is 0 Å². The monoisotopic (exact) mass is 298 g/mol. The van der Waals surface area contributed by atoms with Gasteiger partial charge in [0.1, 0.15) is 0 Å². The first-order valence-electron chi connectivity index (χ1n) is 6.12. The lowest BCUT2D eigenvalue weighted by atomic mass is 9.71. The van der Waals surface area contributed by atoms with Gasteiger partial charge in [-0.2, -0.15) is 0 Å². The molecular weight excluding hydrogens is 284 g/mol. The van der Waals surface area contributed by atoms with E-state index >= 15 is 0 Å². The lowest BCUT2D eigenvalue weighted by Gasteiger charge is -2.46. The number of ketones is 1. The molecule has 1 unspecified atom stereocenters. The second-order valence-electron chi connectivity index (χ2n) is 5.04. The number of ether oxygens (including phenoxy) is 1. The van der Waals surface area contributed by atoms with Crippen LogP contribution in [-0.4, -0.2) is 18.0 Å². The molecule has 1 saturated heterocycles. The number of Topliss-reactive ketones (excluding diaryl/α,β-unsaturated/α-hetero) is 1. The van der Waals surface area contributed by atoms with Crippen LogP contribution in [0.5, 0.6) is 0 Å². The van der Waals surface area contributed by atoms with Crippen LogP contribution >= 0.6 is 15.9 Å². The number of furan rings is 1. The standard InChI is InChI=1S/C13H15BrO3/c14-11-3-2-10(17-11)12(15)9-4-7-16-13(8-9)5-1-6-13/h2-3,9H,1,4-8H2. The molecule has 0 aromatic carbocycles. The molecule has 1 atom stereocenters. The summed E-state index contributed by atoms with van der Waals surface area (Å²) in [5.74, 6) is 0.672. The van der Waals surface area contributed by atoms with Crippen molar-refractivity contribution in [1.29, 1.82) is 0 Å². The van der Waals surface area contributed by atoms with Gasteiger partial charge in [0.25, 0.3) is 0 Å². The predicted molar refractivity (Wildman–Crippen MR) is 66.0 cm³/mol. The summed E-state index contributed by atoms with van der Waals surface area (Å²) in [7, 11) is 0. The van der Waals surface area contributed by atoms with Crippen LogP contribution in [0.2, 0.25) is 0 Å². The van der Waals surface area contributed by atoms with E-state index in [-0.39, 0.29) is 17.3 Å². The minimum Gasteiger partial charge on any atom is -0.446 e. The van der Waals surface area contributed by atoms with Crippen molar-refractivity contribution in [3.63, 3.8) is 0 Å². The van der Waals surface area contributed by atoms with Gasteiger partial charge in [-0.15, -0.1) is 0 Å². The molecule has 0 bridgehead atoms. The molecule has 2 heterocycles. The Hall–Kier alpha value is -0.610. The molecule has 1 aromatic rings. The van der Waals surface area contributed by atoms with Crippen LogP contribution in [-0.2, 0) is 4.74 Å². The Morgan fingerprint density at radius 1 is 1.41 bits per heavy atom. The Kier molecular flexibility index (Phi) is 2.87. The topological polar surface area (TPSA) is 39.4 Å². The Morgan fingerprint density at radius 2 is 2.24 bits per heavy atom. The fraction of sp³-hybridized carbons (Fsp3) is 0.615. The van der Waals surface area contributed by atoms with Gasteiger partial charge in [-0.1, -0.05) is 0 Å². The number of carbonyl (C=O) groups excluding carboxylic acids is 1. The van der Waals surface area contributed by atoms with E-state index in [2.05, 4.69) is 15.9 Å². The van der Waals surface area contributed by atoms with Crippen LogP contribution < -0.4 is 0 Å². The smallest absolute Gasteiger partial charge is 0.201 e. The summed E-state index contributed by atoms with van der Waals surface area (Å²) in [6.45, 7) is 0.707. The van der Waals surface area contributed by atoms with Crippen molar-refractivity contribution in [2.45, 2.75) is 37.7 Å². The van der Waals surface area contributed by atoms with Crippen LogP contribution in [0.3, 0.4) is 0 Å². The zero-order valence-corrected chi connectivity index (χ0v) is 11.2. The van der Waals surface area contributed by atoms with E-state index in [1.54, 1.807) is 12.1 Å². The maximum atomic E-state index is 12.3. The first-order chi connectivity index (χ1) is 8.19. The third-order valence-electron chi connectivity index (χ3n) is 3.94. The van der Waals surface area contributed by atoms with Gasteiger partial charge < -0.3 is 9.15 Å². The Morgan fingerprint density at radius 3 is 2.82 bits per heavy atom. The molecule has 1 saturated carbocycles. The molecule has 1 aromatic heterocycles. The van der Waals surface area contributed by atoms with E-state index in [0.29, 0.717) is 17.0 Å². The van der Waals surface area contributed by atoms with Gasteiger partial charge in [0.05, 0.1) is 5.60 Å². The first kappa shape index (κ1) is 11.5. The van der Waals surface area contributed by atoms with Gasteiger partial charge >= 0.3 is 0 Å². The van der Waals surface area contributed by atoms with E-state index in [1.807, 2.05) is 0 Å². The molecule has 92 valence electrons. The fourth-order valence-electron chi connectivity index (χ4n) is 2.82. The highest BCUT2D eigenvalue weighted by Gasteiger charge is 2.44. The van der Waals surface area contributed by atoms with Crippen molar-refractivity contribution in [2.24, 2.45) is 5.92 Å². The SMILES string of the molecule is O=C(c1ccc(Br)o1)C1CCOC2(CCC2)C1. The van der Waals surface area contributed by atoms with Crippen LogP contribution in [0.15, 0.2) is 21.2 Å². The van der Waals surface area contributed by atoms with Crippen molar-refractivity contribution in [2.75, 3.05) is 6.61 Å². The molecule has 1 aliphatic heterocycles. The highest BCUT2D eigenvalue weighted by molar-refractivity contribution is 9.10. The number of hydrogen-bond donors (Lipinski definition) is 0. The number of hydrogen-bond acceptors (Lipinski definition) is 3. The van der Waals surface area contributed by atoms with E-state index in [0.717, 1.165) is 25.7 Å². The molecular formula is C13H15BrO3. The van der Waals surface area contributed by atoms with Crippen molar-refractivity contribution in [1.82, 2.24) is 0 Å². The van der Waals surface area contributed by atoms with Gasteiger partial charge in [-0.05, 0) is 60.2 Å². The summed E-state index contributed by atoms with van der Waals surface area (Å²) in [6.07, 6.45) is 5.13. The maximum Gasteiger partial charge on any atom is 0.201 e. The Labute approximate surface area is 109 Å². The molecule has 4 heteroatoms. The van der Waals surface area contributed by atoms with Gasteiger partial charge in [-0.3, -0.25) is 4.79 Å². The largest absolute Gasteiger partial charge is 0.446 e. The van der Waals surface area contributed by atoms with E-state index in [4.69, 9.17) is 9.15 Å². The summed E-state index contributed by atoms with van der Waals surface area (Å²) < 4.78 is 11.8. The minimum atomic E-state index is 0.0163. The molecule has 3 nitrogen and oxygen atoms in total. The highest BCUT2D eigenvalue weighted by atomic mass is 79.9. The molecule has 2 fully saturated rings. The van der Waals surface area contributed by atoms with Crippen molar-refractivity contribution < 1.29 is 13.9 Å². The molecule has 0 N–H and O–H groups in total. The van der Waals surface area contributed by atoms with Crippen LogP contribution in [0.1, 0.15) is 42.7 Å². The third-order valence-corrected chi connectivity index (χ3v) is 4.37. The van der Waals surface area contributed by atoms with Crippen molar-refractivity contribution >= 4 is 21.7 Å². The molecule has 3 rings (SSSR count). The second kappa shape index (κ2) is 4.25. The molecule has 2 aliphatic rings. The molecule has 1 spiro atoms. The Balaban J connectivity index is 1.73. The minimum absolute atomic E-state index is 0.0163. The average Bonchev–Trinajstić information content (AvgIpc) is 2.73. The summed E-state index contributed by atoms with van der Waals surface area (Å²) in [5, 5.41) is 0. The predicted octanol–water partition coefficient (Wildman–Crippen LogP) is 3.57. The van der Waals surface area contributed by atoms with Crippen molar-refractivity contribution in [3.05, 3.63) is 22.6 Å².